The van der Waals surface area contributed by atoms with Gasteiger partial charge in [0.1, 0.15) is 19.3 Å². The minimum atomic E-state index is -4.99. The van der Waals surface area contributed by atoms with Crippen molar-refractivity contribution in [1.82, 2.24) is 0 Å². The molecule has 0 spiro atoms. The Morgan fingerprint density at radius 3 is 0.798 bits per heavy atom. The summed E-state index contributed by atoms with van der Waals surface area (Å²) in [6.45, 7) is 4.59. The van der Waals surface area contributed by atoms with Gasteiger partial charge >= 0.3 is 39.5 Å². The van der Waals surface area contributed by atoms with Crippen molar-refractivity contribution in [3.05, 3.63) is 122 Å². The van der Waals surface area contributed by atoms with Crippen LogP contribution in [0.25, 0.3) is 0 Å². The zero-order chi connectivity index (χ0) is 76.0. The number of ether oxygens (including phenoxy) is 4. The highest BCUT2D eigenvalue weighted by molar-refractivity contribution is 7.47. The summed E-state index contributed by atoms with van der Waals surface area (Å²) in [5.41, 5.74) is 0. The molecular formula is C85H146O17P2. The number of esters is 4. The summed E-state index contributed by atoms with van der Waals surface area (Å²) in [4.78, 5) is 73.1. The Hall–Kier alpha value is -4.54. The molecule has 5 atom stereocenters. The van der Waals surface area contributed by atoms with Crippen LogP contribution in [-0.4, -0.2) is 96.7 Å². The summed E-state index contributed by atoms with van der Waals surface area (Å²) >= 11 is 0. The van der Waals surface area contributed by atoms with Crippen LogP contribution in [0.5, 0.6) is 0 Å². The van der Waals surface area contributed by atoms with E-state index in [4.69, 9.17) is 37.0 Å². The number of aliphatic hydroxyl groups excluding tert-OH is 1. The molecule has 0 aliphatic heterocycles. The quantitative estimate of drug-likeness (QED) is 0.0169. The Morgan fingerprint density at radius 2 is 0.500 bits per heavy atom. The lowest BCUT2D eigenvalue weighted by molar-refractivity contribution is -0.161. The van der Waals surface area contributed by atoms with E-state index in [9.17, 15) is 43.2 Å². The number of aliphatic hydroxyl groups is 1. The number of unbranched alkanes of at least 4 members (excludes halogenated alkanes) is 30. The standard InChI is InChI=1S/C85H146O17P2/c1-5-9-13-17-21-25-29-33-37-38-39-40-44-46-50-54-58-62-66-70-83(88)96-76-81(102-85(90)72-68-64-60-56-52-48-43-36-32-28-24-20-16-12-8-4)78-100-104(93,94)98-74-79(86)73-97-103(91,92)99-77-80(101-84(89)71-67-63-59-55-51-47-42-35-31-27-23-19-15-11-7-3)75-95-82(87)69-65-61-57-53-49-45-41-34-30-26-22-18-14-10-6-2/h9-10,13-14,21-22,24-26,28,33-34,36-37,39-41,43,46,50,79-81,86H,5-8,11-12,15-20,23,27,29-32,35,38,42,44-45,47-49,51-78H2,1-4H3,(H,91,92)(H,93,94)/b13-9-,14-10-,25-21-,26-22-,28-24-,37-33-,40-39-,41-34-,43-36-,50-46-. The van der Waals surface area contributed by atoms with E-state index in [1.165, 1.54) is 83.5 Å². The summed E-state index contributed by atoms with van der Waals surface area (Å²) in [7, 11) is -9.98. The van der Waals surface area contributed by atoms with Gasteiger partial charge in [-0.15, -0.1) is 0 Å². The number of carbonyl (C=O) groups is 4. The highest BCUT2D eigenvalue weighted by Crippen LogP contribution is 2.45. The van der Waals surface area contributed by atoms with Crippen molar-refractivity contribution in [3.8, 4) is 0 Å². The lowest BCUT2D eigenvalue weighted by atomic mass is 10.0. The molecule has 0 aromatic heterocycles. The summed E-state index contributed by atoms with van der Waals surface area (Å²) in [5, 5.41) is 10.6. The molecule has 104 heavy (non-hydrogen) atoms. The van der Waals surface area contributed by atoms with Crippen LogP contribution >= 0.6 is 15.6 Å². The molecule has 0 amide bonds. The van der Waals surface area contributed by atoms with Crippen molar-refractivity contribution in [1.29, 1.82) is 0 Å². The molecule has 3 N–H and O–H groups in total. The monoisotopic (exact) mass is 1500 g/mol. The normalized spacial score (nSPS) is 14.5. The van der Waals surface area contributed by atoms with Crippen molar-refractivity contribution >= 4 is 39.5 Å². The minimum absolute atomic E-state index is 0.0693. The lowest BCUT2D eigenvalue weighted by Crippen LogP contribution is -2.30. The fourth-order valence-electron chi connectivity index (χ4n) is 10.8. The van der Waals surface area contributed by atoms with Gasteiger partial charge in [-0.25, -0.2) is 9.13 Å². The first kappa shape index (κ1) is 99.5. The largest absolute Gasteiger partial charge is 0.472 e. The summed E-state index contributed by atoms with van der Waals surface area (Å²) in [6.07, 6.45) is 84.5. The van der Waals surface area contributed by atoms with Crippen molar-refractivity contribution < 1.29 is 80.2 Å². The lowest BCUT2D eigenvalue weighted by Gasteiger charge is -2.21. The molecule has 17 nitrogen and oxygen atoms in total. The highest BCUT2D eigenvalue weighted by Gasteiger charge is 2.30. The van der Waals surface area contributed by atoms with Crippen LogP contribution in [0.15, 0.2) is 122 Å². The van der Waals surface area contributed by atoms with Gasteiger partial charge in [0.05, 0.1) is 26.4 Å². The maximum atomic E-state index is 13.1. The van der Waals surface area contributed by atoms with E-state index in [-0.39, 0.29) is 25.7 Å². The van der Waals surface area contributed by atoms with E-state index in [0.29, 0.717) is 25.7 Å². The molecule has 5 unspecified atom stereocenters. The molecule has 0 aromatic rings. The van der Waals surface area contributed by atoms with E-state index < -0.39 is 97.5 Å². The number of rotatable bonds is 76. The molecule has 0 bridgehead atoms. The van der Waals surface area contributed by atoms with Gasteiger partial charge in [0.15, 0.2) is 12.2 Å². The summed E-state index contributed by atoms with van der Waals surface area (Å²) in [5.74, 6) is -2.23. The van der Waals surface area contributed by atoms with Gasteiger partial charge in [-0.1, -0.05) is 297 Å². The smallest absolute Gasteiger partial charge is 0.462 e. The first-order valence-electron chi connectivity index (χ1n) is 40.8. The zero-order valence-corrected chi connectivity index (χ0v) is 67.2. The fourth-order valence-corrected chi connectivity index (χ4v) is 12.3. The Morgan fingerprint density at radius 1 is 0.279 bits per heavy atom. The van der Waals surface area contributed by atoms with Crippen LogP contribution in [0.1, 0.15) is 336 Å². The second-order valence-electron chi connectivity index (χ2n) is 27.0. The van der Waals surface area contributed by atoms with Crippen molar-refractivity contribution in [3.63, 3.8) is 0 Å². The predicted molar refractivity (Wildman–Crippen MR) is 427 cm³/mol. The fraction of sp³-hybridized carbons (Fsp3) is 0.718. The zero-order valence-electron chi connectivity index (χ0n) is 65.4. The van der Waals surface area contributed by atoms with Crippen LogP contribution in [-0.2, 0) is 65.4 Å². The van der Waals surface area contributed by atoms with Crippen molar-refractivity contribution in [2.24, 2.45) is 0 Å². The van der Waals surface area contributed by atoms with Crippen LogP contribution < -0.4 is 0 Å². The van der Waals surface area contributed by atoms with Gasteiger partial charge in [-0.05, 0) is 135 Å². The van der Waals surface area contributed by atoms with Gasteiger partial charge < -0.3 is 33.8 Å². The Bertz CT molecular complexity index is 2440. The van der Waals surface area contributed by atoms with Crippen LogP contribution in [0.3, 0.4) is 0 Å². The molecule has 0 radical (unpaired) electrons. The SMILES string of the molecule is CC/C=C\C/C=C\C/C=C\C/C=C\C/C=C\CCCCCC(=O)OCC(COP(=O)(O)OCC(O)COP(=O)(O)OCC(COC(=O)CCCCCCC/C=C\C/C=C\C/C=C\CC)OC(=O)CCCCCCCCCCCCCCCCC)OC(=O)CCCCCCC/C=C\C/C=C\CCCCC. The van der Waals surface area contributed by atoms with E-state index in [0.717, 1.165) is 173 Å². The third-order valence-electron chi connectivity index (χ3n) is 16.9. The molecule has 0 saturated carbocycles. The molecule has 0 aliphatic rings. The molecule has 598 valence electrons. The number of allylic oxidation sites excluding steroid dienone is 20. The first-order chi connectivity index (χ1) is 50.7. The van der Waals surface area contributed by atoms with E-state index in [1.807, 2.05) is 0 Å². The van der Waals surface area contributed by atoms with E-state index >= 15 is 0 Å². The number of carbonyl (C=O) groups excluding carboxylic acids is 4. The third kappa shape index (κ3) is 75.7. The molecule has 19 heteroatoms. The first-order valence-corrected chi connectivity index (χ1v) is 43.8. The van der Waals surface area contributed by atoms with Crippen molar-refractivity contribution in [2.75, 3.05) is 39.6 Å². The Kier molecular flexibility index (Phi) is 73.3. The Balaban J connectivity index is 5.40. The van der Waals surface area contributed by atoms with Gasteiger partial charge in [-0.2, -0.15) is 0 Å². The molecule has 0 saturated heterocycles. The number of phosphoric acid groups is 2. The predicted octanol–water partition coefficient (Wildman–Crippen LogP) is 23.9. The van der Waals surface area contributed by atoms with Gasteiger partial charge in [0.2, 0.25) is 0 Å². The molecule has 0 heterocycles. The molecule has 0 aliphatic carbocycles. The van der Waals surface area contributed by atoms with Crippen LogP contribution in [0.2, 0.25) is 0 Å². The Labute approximate surface area is 632 Å². The highest BCUT2D eigenvalue weighted by atomic mass is 31.2. The summed E-state index contributed by atoms with van der Waals surface area (Å²) < 4.78 is 68.6. The van der Waals surface area contributed by atoms with E-state index in [1.54, 1.807) is 0 Å². The molecule has 0 aromatic carbocycles. The average molecular weight is 1500 g/mol. The summed E-state index contributed by atoms with van der Waals surface area (Å²) in [6, 6.07) is 0. The van der Waals surface area contributed by atoms with Gasteiger partial charge in [0.25, 0.3) is 0 Å². The van der Waals surface area contributed by atoms with Gasteiger partial charge in [-0.3, -0.25) is 37.3 Å². The maximum Gasteiger partial charge on any atom is 0.472 e. The van der Waals surface area contributed by atoms with E-state index in [2.05, 4.69) is 149 Å². The van der Waals surface area contributed by atoms with Crippen LogP contribution in [0, 0.1) is 0 Å². The average Bonchev–Trinajstić information content (AvgIpc) is 0.918. The minimum Gasteiger partial charge on any atom is -0.462 e. The molecule has 0 fully saturated rings. The number of hydrogen-bond donors (Lipinski definition) is 3. The third-order valence-corrected chi connectivity index (χ3v) is 18.8. The second kappa shape index (κ2) is 76.6. The van der Waals surface area contributed by atoms with Gasteiger partial charge in [0, 0.05) is 25.7 Å². The second-order valence-corrected chi connectivity index (χ2v) is 29.9. The van der Waals surface area contributed by atoms with Crippen LogP contribution in [0.4, 0.5) is 0 Å². The van der Waals surface area contributed by atoms with Crippen molar-refractivity contribution in [2.45, 2.75) is 354 Å². The topological polar surface area (TPSA) is 237 Å². The number of hydrogen-bond acceptors (Lipinski definition) is 15. The number of phosphoric ester groups is 2. The molecular weight excluding hydrogens is 1350 g/mol. The maximum absolute atomic E-state index is 13.1. The molecule has 0 rings (SSSR count).